The van der Waals surface area contributed by atoms with Crippen LogP contribution in [0.3, 0.4) is 0 Å². The lowest BCUT2D eigenvalue weighted by Crippen LogP contribution is -2.38. The SMILES string of the molecule is O=C(CNC(=O)CC1CCCCC1)NCCCC1CCCC1. The second kappa shape index (κ2) is 9.86. The van der Waals surface area contributed by atoms with Gasteiger partial charge in [-0.25, -0.2) is 0 Å². The highest BCUT2D eigenvalue weighted by molar-refractivity contribution is 5.84. The first-order valence-electron chi connectivity index (χ1n) is 9.27. The van der Waals surface area contributed by atoms with Crippen LogP contribution in [0.5, 0.6) is 0 Å². The molecule has 0 aromatic heterocycles. The number of rotatable bonds is 8. The van der Waals surface area contributed by atoms with Crippen LogP contribution in [0.2, 0.25) is 0 Å². The number of nitrogens with one attached hydrogen (secondary N) is 2. The van der Waals surface area contributed by atoms with E-state index in [0.717, 1.165) is 18.9 Å². The minimum Gasteiger partial charge on any atom is -0.355 e. The average molecular weight is 308 g/mol. The third kappa shape index (κ3) is 6.80. The van der Waals surface area contributed by atoms with Crippen molar-refractivity contribution in [2.45, 2.75) is 77.0 Å². The molecule has 0 unspecified atom stereocenters. The zero-order chi connectivity index (χ0) is 15.6. The molecular weight excluding hydrogens is 276 g/mol. The molecule has 0 saturated heterocycles. The molecule has 126 valence electrons. The van der Waals surface area contributed by atoms with E-state index in [1.807, 2.05) is 0 Å². The maximum atomic E-state index is 11.8. The molecule has 0 aromatic rings. The molecule has 0 bridgehead atoms. The Kier molecular flexibility index (Phi) is 7.75. The van der Waals surface area contributed by atoms with Gasteiger partial charge in [0.05, 0.1) is 6.54 Å². The molecule has 0 atom stereocenters. The van der Waals surface area contributed by atoms with Gasteiger partial charge in [0, 0.05) is 13.0 Å². The Labute approximate surface area is 134 Å². The molecule has 2 N–H and O–H groups in total. The summed E-state index contributed by atoms with van der Waals surface area (Å²) in [6, 6.07) is 0. The van der Waals surface area contributed by atoms with E-state index in [0.29, 0.717) is 12.3 Å². The minimum absolute atomic E-state index is 0.0352. The van der Waals surface area contributed by atoms with E-state index in [4.69, 9.17) is 0 Å². The molecule has 0 heterocycles. The van der Waals surface area contributed by atoms with Crippen LogP contribution in [-0.2, 0) is 9.59 Å². The van der Waals surface area contributed by atoms with Gasteiger partial charge in [-0.2, -0.15) is 0 Å². The summed E-state index contributed by atoms with van der Waals surface area (Å²) in [6.07, 6.45) is 14.5. The highest BCUT2D eigenvalue weighted by atomic mass is 16.2. The van der Waals surface area contributed by atoms with Crippen LogP contribution in [0.25, 0.3) is 0 Å². The summed E-state index contributed by atoms with van der Waals surface area (Å²) in [6.45, 7) is 0.878. The number of amides is 2. The molecule has 22 heavy (non-hydrogen) atoms. The molecule has 0 radical (unpaired) electrons. The third-order valence-electron chi connectivity index (χ3n) is 5.23. The van der Waals surface area contributed by atoms with Crippen molar-refractivity contribution < 1.29 is 9.59 Å². The van der Waals surface area contributed by atoms with Gasteiger partial charge in [0.15, 0.2) is 0 Å². The van der Waals surface area contributed by atoms with Crippen molar-refractivity contribution in [3.8, 4) is 0 Å². The Bertz CT molecular complexity index is 345. The Hall–Kier alpha value is -1.06. The van der Waals surface area contributed by atoms with Crippen molar-refractivity contribution in [1.29, 1.82) is 0 Å². The standard InChI is InChI=1S/C18H32N2O2/c21-17(13-16-9-2-1-3-10-16)20-14-18(22)19-12-6-11-15-7-4-5-8-15/h15-16H,1-14H2,(H,19,22)(H,20,21). The van der Waals surface area contributed by atoms with E-state index in [2.05, 4.69) is 10.6 Å². The topological polar surface area (TPSA) is 58.2 Å². The number of carbonyl (C=O) groups excluding carboxylic acids is 2. The Balaban J connectivity index is 1.46. The van der Waals surface area contributed by atoms with Crippen LogP contribution in [0, 0.1) is 11.8 Å². The number of carbonyl (C=O) groups is 2. The smallest absolute Gasteiger partial charge is 0.239 e. The second-order valence-electron chi connectivity index (χ2n) is 7.13. The van der Waals surface area contributed by atoms with Gasteiger partial charge in [0.2, 0.25) is 11.8 Å². The summed E-state index contributed by atoms with van der Waals surface area (Å²) in [5.74, 6) is 1.40. The summed E-state index contributed by atoms with van der Waals surface area (Å²) in [5, 5.41) is 5.67. The highest BCUT2D eigenvalue weighted by Gasteiger charge is 2.17. The van der Waals surface area contributed by atoms with Crippen molar-refractivity contribution in [2.24, 2.45) is 11.8 Å². The van der Waals surface area contributed by atoms with Crippen LogP contribution in [0.15, 0.2) is 0 Å². The van der Waals surface area contributed by atoms with Gasteiger partial charge in [-0.1, -0.05) is 44.9 Å². The first-order chi connectivity index (χ1) is 10.7. The zero-order valence-electron chi connectivity index (χ0n) is 13.9. The molecule has 0 spiro atoms. The van der Waals surface area contributed by atoms with Gasteiger partial charge < -0.3 is 10.6 Å². The average Bonchev–Trinajstić information content (AvgIpc) is 3.04. The van der Waals surface area contributed by atoms with Gasteiger partial charge >= 0.3 is 0 Å². The van der Waals surface area contributed by atoms with Crippen molar-refractivity contribution >= 4 is 11.8 Å². The number of hydrogen-bond acceptors (Lipinski definition) is 2. The Morgan fingerprint density at radius 3 is 2.14 bits per heavy atom. The van der Waals surface area contributed by atoms with E-state index < -0.39 is 0 Å². The number of hydrogen-bond donors (Lipinski definition) is 2. The van der Waals surface area contributed by atoms with Crippen LogP contribution < -0.4 is 10.6 Å². The van der Waals surface area contributed by atoms with E-state index in [-0.39, 0.29) is 18.4 Å². The Morgan fingerprint density at radius 1 is 0.773 bits per heavy atom. The van der Waals surface area contributed by atoms with E-state index >= 15 is 0 Å². The van der Waals surface area contributed by atoms with Crippen molar-refractivity contribution in [3.63, 3.8) is 0 Å². The lowest BCUT2D eigenvalue weighted by atomic mass is 9.87. The molecule has 2 rings (SSSR count). The van der Waals surface area contributed by atoms with Gasteiger partial charge in [0.25, 0.3) is 0 Å². The van der Waals surface area contributed by atoms with E-state index in [1.165, 1.54) is 64.2 Å². The zero-order valence-corrected chi connectivity index (χ0v) is 13.9. The van der Waals surface area contributed by atoms with Crippen molar-refractivity contribution in [3.05, 3.63) is 0 Å². The fourth-order valence-electron chi connectivity index (χ4n) is 3.88. The molecule has 4 heteroatoms. The minimum atomic E-state index is -0.0524. The predicted octanol–water partition coefficient (Wildman–Crippen LogP) is 3.16. The maximum absolute atomic E-state index is 11.8. The molecule has 0 aromatic carbocycles. The largest absolute Gasteiger partial charge is 0.355 e. The van der Waals surface area contributed by atoms with Gasteiger partial charge in [-0.05, 0) is 37.5 Å². The predicted molar refractivity (Wildman–Crippen MR) is 88.4 cm³/mol. The molecule has 2 aliphatic rings. The van der Waals surface area contributed by atoms with Gasteiger partial charge in [0.1, 0.15) is 0 Å². The van der Waals surface area contributed by atoms with Crippen molar-refractivity contribution in [2.75, 3.05) is 13.1 Å². The van der Waals surface area contributed by atoms with Crippen LogP contribution in [0.4, 0.5) is 0 Å². The fourth-order valence-corrected chi connectivity index (χ4v) is 3.88. The molecule has 2 saturated carbocycles. The first kappa shape index (κ1) is 17.3. The maximum Gasteiger partial charge on any atom is 0.239 e. The van der Waals surface area contributed by atoms with Crippen LogP contribution in [0.1, 0.15) is 77.0 Å². The third-order valence-corrected chi connectivity index (χ3v) is 5.23. The van der Waals surface area contributed by atoms with Gasteiger partial charge in [-0.3, -0.25) is 9.59 Å². The van der Waals surface area contributed by atoms with Gasteiger partial charge in [-0.15, -0.1) is 0 Å². The summed E-state index contributed by atoms with van der Waals surface area (Å²) >= 11 is 0. The molecule has 2 fully saturated rings. The van der Waals surface area contributed by atoms with Crippen LogP contribution >= 0.6 is 0 Å². The first-order valence-corrected chi connectivity index (χ1v) is 9.27. The quantitative estimate of drug-likeness (QED) is 0.677. The summed E-state index contributed by atoms with van der Waals surface area (Å²) < 4.78 is 0. The molecule has 0 aliphatic heterocycles. The molecule has 2 aliphatic carbocycles. The second-order valence-corrected chi connectivity index (χ2v) is 7.13. The summed E-state index contributed by atoms with van der Waals surface area (Å²) in [7, 11) is 0. The van der Waals surface area contributed by atoms with Crippen molar-refractivity contribution in [1.82, 2.24) is 10.6 Å². The van der Waals surface area contributed by atoms with Crippen LogP contribution in [-0.4, -0.2) is 24.9 Å². The molecular formula is C18H32N2O2. The molecule has 2 amide bonds. The lowest BCUT2D eigenvalue weighted by molar-refractivity contribution is -0.126. The fraction of sp³-hybridized carbons (Fsp3) is 0.889. The lowest BCUT2D eigenvalue weighted by Gasteiger charge is -2.20. The highest BCUT2D eigenvalue weighted by Crippen LogP contribution is 2.28. The monoisotopic (exact) mass is 308 g/mol. The summed E-state index contributed by atoms with van der Waals surface area (Å²) in [4.78, 5) is 23.5. The normalized spacial score (nSPS) is 20.0. The summed E-state index contributed by atoms with van der Waals surface area (Å²) in [5.41, 5.74) is 0. The molecule has 4 nitrogen and oxygen atoms in total. The van der Waals surface area contributed by atoms with E-state index in [1.54, 1.807) is 0 Å². The Morgan fingerprint density at radius 2 is 1.41 bits per heavy atom. The van der Waals surface area contributed by atoms with E-state index in [9.17, 15) is 9.59 Å².